The van der Waals surface area contributed by atoms with Crippen LogP contribution in [0.1, 0.15) is 12.0 Å². The van der Waals surface area contributed by atoms with Crippen molar-refractivity contribution in [3.8, 4) is 5.75 Å². The monoisotopic (exact) mass is 350 g/mol. The number of hydrogen-bond acceptors (Lipinski definition) is 3. The lowest BCUT2D eigenvalue weighted by Gasteiger charge is -2.21. The second-order valence-electron chi connectivity index (χ2n) is 6.25. The zero-order valence-corrected chi connectivity index (χ0v) is 14.1. The lowest BCUT2D eigenvalue weighted by Crippen LogP contribution is -2.35. The normalized spacial score (nSPS) is 24.4. The van der Waals surface area contributed by atoms with Gasteiger partial charge in [-0.15, -0.1) is 0 Å². The van der Waals surface area contributed by atoms with E-state index in [-0.39, 0.29) is 0 Å². The van der Waals surface area contributed by atoms with Crippen molar-refractivity contribution in [2.75, 3.05) is 0 Å². The summed E-state index contributed by atoms with van der Waals surface area (Å²) in [7, 11) is -4.18. The van der Waals surface area contributed by atoms with E-state index >= 15 is 0 Å². The van der Waals surface area contributed by atoms with Gasteiger partial charge in [-0.3, -0.25) is 9.42 Å². The number of phosphoric acid groups is 1. The summed E-state index contributed by atoms with van der Waals surface area (Å²) in [6.07, 6.45) is 2.06. The first kappa shape index (κ1) is 14.9. The molecule has 124 valence electrons. The maximum atomic E-state index is 12.4. The summed E-state index contributed by atoms with van der Waals surface area (Å²) in [5.74, 6) is 0.388. The maximum Gasteiger partial charge on any atom is 0.528 e. The number of hydrogen-bond donors (Lipinski definition) is 1. The Kier molecular flexibility index (Phi) is 3.16. The van der Waals surface area contributed by atoms with Gasteiger partial charge >= 0.3 is 7.82 Å². The molecule has 3 aromatic rings. The maximum absolute atomic E-state index is 12.4. The molecule has 1 aliphatic heterocycles. The van der Waals surface area contributed by atoms with E-state index < -0.39 is 13.9 Å². The van der Waals surface area contributed by atoms with E-state index in [1.54, 1.807) is 6.07 Å². The third-order valence-electron chi connectivity index (χ3n) is 4.76. The minimum atomic E-state index is -4.18. The molecule has 1 aliphatic carbocycles. The van der Waals surface area contributed by atoms with Gasteiger partial charge in [0.1, 0.15) is 11.9 Å². The Morgan fingerprint density at radius 1 is 1.00 bits per heavy atom. The molecule has 5 rings (SSSR count). The van der Waals surface area contributed by atoms with Crippen LogP contribution in [0, 0.1) is 0 Å². The van der Waals surface area contributed by atoms with Crippen LogP contribution in [0.25, 0.3) is 22.4 Å². The molecule has 1 N–H and O–H groups in total. The topological polar surface area (TPSA) is 55.8 Å². The van der Waals surface area contributed by atoms with Crippen LogP contribution in [0.15, 0.2) is 60.7 Å². The molecule has 0 bridgehead atoms. The predicted molar refractivity (Wildman–Crippen MR) is 96.6 cm³/mol. The van der Waals surface area contributed by atoms with Crippen molar-refractivity contribution in [2.45, 2.75) is 12.5 Å². The van der Waals surface area contributed by atoms with E-state index in [2.05, 4.69) is 0 Å². The fourth-order valence-electron chi connectivity index (χ4n) is 3.75. The molecule has 5 heteroatoms. The van der Waals surface area contributed by atoms with E-state index in [4.69, 9.17) is 9.05 Å². The van der Waals surface area contributed by atoms with Gasteiger partial charge in [0.2, 0.25) is 0 Å². The van der Waals surface area contributed by atoms with E-state index in [0.717, 1.165) is 32.3 Å². The molecule has 1 unspecified atom stereocenters. The van der Waals surface area contributed by atoms with Crippen LogP contribution in [0.4, 0.5) is 0 Å². The second kappa shape index (κ2) is 5.30. The molecular weight excluding hydrogens is 335 g/mol. The van der Waals surface area contributed by atoms with Crippen molar-refractivity contribution in [1.29, 1.82) is 0 Å². The molecule has 4 nitrogen and oxygen atoms in total. The first-order valence-corrected chi connectivity index (χ1v) is 9.64. The van der Waals surface area contributed by atoms with Gasteiger partial charge in [-0.05, 0) is 33.7 Å². The fourth-order valence-corrected chi connectivity index (χ4v) is 4.71. The summed E-state index contributed by atoms with van der Waals surface area (Å²) in [6, 6.07) is 19.7. The molecule has 0 saturated heterocycles. The Bertz CT molecular complexity index is 1180. The molecule has 1 heterocycles. The van der Waals surface area contributed by atoms with Crippen molar-refractivity contribution in [1.82, 2.24) is 0 Å². The third-order valence-corrected chi connectivity index (χ3v) is 5.71. The van der Waals surface area contributed by atoms with Crippen LogP contribution in [-0.4, -0.2) is 11.0 Å². The summed E-state index contributed by atoms with van der Waals surface area (Å²) in [6.45, 7) is 0. The zero-order valence-electron chi connectivity index (χ0n) is 13.3. The van der Waals surface area contributed by atoms with E-state index in [0.29, 0.717) is 12.2 Å². The van der Waals surface area contributed by atoms with Gasteiger partial charge in [0.05, 0.1) is 0 Å². The minimum absolute atomic E-state index is 0.388. The Balaban J connectivity index is 2.00. The average molecular weight is 350 g/mol. The summed E-state index contributed by atoms with van der Waals surface area (Å²) >= 11 is 0. The van der Waals surface area contributed by atoms with E-state index in [9.17, 15) is 9.46 Å². The highest BCUT2D eigenvalue weighted by molar-refractivity contribution is 7.47. The highest BCUT2D eigenvalue weighted by Gasteiger charge is 2.37. The predicted octanol–water partition coefficient (Wildman–Crippen LogP) is 3.10. The Labute approximate surface area is 144 Å². The van der Waals surface area contributed by atoms with Crippen LogP contribution < -0.4 is 15.0 Å². The van der Waals surface area contributed by atoms with E-state index in [1.165, 1.54) is 0 Å². The van der Waals surface area contributed by atoms with E-state index in [1.807, 2.05) is 60.7 Å². The molecule has 0 saturated carbocycles. The van der Waals surface area contributed by atoms with Crippen molar-refractivity contribution >= 4 is 30.2 Å². The number of rotatable bonds is 0. The van der Waals surface area contributed by atoms with Crippen molar-refractivity contribution in [3.05, 3.63) is 76.7 Å². The van der Waals surface area contributed by atoms with Gasteiger partial charge < -0.3 is 4.52 Å². The van der Waals surface area contributed by atoms with Crippen molar-refractivity contribution < 1.29 is 18.5 Å². The largest absolute Gasteiger partial charge is 0.528 e. The Morgan fingerprint density at radius 2 is 1.80 bits per heavy atom. The standard InChI is InChI=1S/C20H15O4P/c21-25(22)23-17-11-9-13-5-1-3-7-15(13)19(17)20-16-8-4-2-6-14(16)10-12-18(20)24-25/h1-11,18H,12H2,(H,21,22)/t18-/m1/s1. The van der Waals surface area contributed by atoms with Gasteiger partial charge in [0, 0.05) is 11.1 Å². The number of benzene rings is 3. The summed E-state index contributed by atoms with van der Waals surface area (Å²) in [5, 5.41) is 4.16. The van der Waals surface area contributed by atoms with Gasteiger partial charge in [-0.25, -0.2) is 4.57 Å². The van der Waals surface area contributed by atoms with Crippen LogP contribution >= 0.6 is 7.82 Å². The van der Waals surface area contributed by atoms with Crippen LogP contribution in [-0.2, 0) is 9.09 Å². The molecule has 3 aromatic carbocycles. The Morgan fingerprint density at radius 3 is 2.72 bits per heavy atom. The Hall–Kier alpha value is -2.39. The first-order valence-electron chi connectivity index (χ1n) is 8.15. The molecule has 0 radical (unpaired) electrons. The third kappa shape index (κ3) is 2.34. The highest BCUT2D eigenvalue weighted by Crippen LogP contribution is 2.53. The fraction of sp³-hybridized carbons (Fsp3) is 0.100. The smallest absolute Gasteiger partial charge is 0.403 e. The molecule has 25 heavy (non-hydrogen) atoms. The summed E-state index contributed by atoms with van der Waals surface area (Å²) in [4.78, 5) is 10.1. The molecule has 0 aromatic heterocycles. The van der Waals surface area contributed by atoms with Crippen LogP contribution in [0.2, 0.25) is 0 Å². The van der Waals surface area contributed by atoms with Gasteiger partial charge in [0.15, 0.2) is 0 Å². The van der Waals surface area contributed by atoms with Gasteiger partial charge in [-0.1, -0.05) is 60.7 Å². The SMILES string of the molecule is O=P1(O)Oc2ccc3ccccc3c2C2=c3ccccc3=CC[C@H]2O1. The van der Waals surface area contributed by atoms with Crippen molar-refractivity contribution in [3.63, 3.8) is 0 Å². The average Bonchev–Trinajstić information content (AvgIpc) is 2.73. The lowest BCUT2D eigenvalue weighted by molar-refractivity contribution is 0.179. The molecular formula is C20H15O4P. The molecule has 0 spiro atoms. The molecule has 2 atom stereocenters. The molecule has 0 fully saturated rings. The van der Waals surface area contributed by atoms with Gasteiger partial charge in [-0.2, -0.15) is 0 Å². The summed E-state index contributed by atoms with van der Waals surface area (Å²) < 4.78 is 23.3. The lowest BCUT2D eigenvalue weighted by atomic mass is 9.88. The minimum Gasteiger partial charge on any atom is -0.403 e. The van der Waals surface area contributed by atoms with Crippen LogP contribution in [0.5, 0.6) is 5.75 Å². The van der Waals surface area contributed by atoms with Gasteiger partial charge in [0.25, 0.3) is 0 Å². The van der Waals surface area contributed by atoms with Crippen LogP contribution in [0.3, 0.4) is 0 Å². The zero-order chi connectivity index (χ0) is 17.0. The highest BCUT2D eigenvalue weighted by atomic mass is 31.2. The number of phosphoric ester groups is 1. The summed E-state index contributed by atoms with van der Waals surface area (Å²) in [5.41, 5.74) is 1.76. The molecule has 0 amide bonds. The second-order valence-corrected chi connectivity index (χ2v) is 7.58. The van der Waals surface area contributed by atoms with Crippen molar-refractivity contribution in [2.24, 2.45) is 0 Å². The number of fused-ring (bicyclic) bond motifs is 6. The quantitative estimate of drug-likeness (QED) is 0.633. The first-order chi connectivity index (χ1) is 12.1. The molecule has 2 aliphatic rings.